The Morgan fingerprint density at radius 1 is 1.10 bits per heavy atom. The zero-order valence-corrected chi connectivity index (χ0v) is 13.0. The molecule has 0 aliphatic carbocycles. The predicted molar refractivity (Wildman–Crippen MR) is 87.5 cm³/mol. The monoisotopic (exact) mass is 288 g/mol. The lowest BCUT2D eigenvalue weighted by molar-refractivity contribution is 0.575. The van der Waals surface area contributed by atoms with Gasteiger partial charge in [-0.1, -0.05) is 35.9 Å². The fourth-order valence-electron chi connectivity index (χ4n) is 2.08. The zero-order valence-electron chi connectivity index (χ0n) is 12.2. The standard InChI is InChI=1S/C17H21ClN2/c1-13(15-5-4-6-16(18)11-15)19-12-14-7-9-17(10-8-14)20(2)3/h4-11,13,19H,12H2,1-3H3. The summed E-state index contributed by atoms with van der Waals surface area (Å²) in [6.07, 6.45) is 0. The first-order chi connectivity index (χ1) is 9.56. The van der Waals surface area contributed by atoms with Crippen molar-refractivity contribution in [2.24, 2.45) is 0 Å². The van der Waals surface area contributed by atoms with Gasteiger partial charge in [-0.25, -0.2) is 0 Å². The second-order valence-electron chi connectivity index (χ2n) is 5.22. The zero-order chi connectivity index (χ0) is 14.5. The van der Waals surface area contributed by atoms with Crippen molar-refractivity contribution in [1.29, 1.82) is 0 Å². The molecule has 0 saturated heterocycles. The van der Waals surface area contributed by atoms with Gasteiger partial charge in [0.1, 0.15) is 0 Å². The van der Waals surface area contributed by atoms with E-state index in [1.54, 1.807) is 0 Å². The van der Waals surface area contributed by atoms with E-state index in [1.807, 2.05) is 18.2 Å². The molecule has 106 valence electrons. The molecule has 20 heavy (non-hydrogen) atoms. The lowest BCUT2D eigenvalue weighted by Gasteiger charge is -2.16. The van der Waals surface area contributed by atoms with E-state index in [-0.39, 0.29) is 6.04 Å². The fraction of sp³-hybridized carbons (Fsp3) is 0.294. The van der Waals surface area contributed by atoms with Crippen LogP contribution in [0.1, 0.15) is 24.1 Å². The van der Waals surface area contributed by atoms with E-state index >= 15 is 0 Å². The molecule has 1 N–H and O–H groups in total. The lowest BCUT2D eigenvalue weighted by atomic mass is 10.1. The van der Waals surface area contributed by atoms with Gasteiger partial charge < -0.3 is 10.2 Å². The summed E-state index contributed by atoms with van der Waals surface area (Å²) in [5, 5.41) is 4.30. The minimum Gasteiger partial charge on any atom is -0.378 e. The van der Waals surface area contributed by atoms with Gasteiger partial charge in [0, 0.05) is 37.4 Å². The largest absolute Gasteiger partial charge is 0.378 e. The maximum absolute atomic E-state index is 6.02. The summed E-state index contributed by atoms with van der Waals surface area (Å²) in [5.41, 5.74) is 3.71. The van der Waals surface area contributed by atoms with Crippen LogP contribution in [0.4, 0.5) is 5.69 Å². The number of nitrogens with one attached hydrogen (secondary N) is 1. The van der Waals surface area contributed by atoms with E-state index in [1.165, 1.54) is 16.8 Å². The molecule has 1 atom stereocenters. The number of hydrogen-bond donors (Lipinski definition) is 1. The molecular weight excluding hydrogens is 268 g/mol. The number of halogens is 1. The molecule has 2 nitrogen and oxygen atoms in total. The number of benzene rings is 2. The third-order valence-corrected chi connectivity index (χ3v) is 3.65. The van der Waals surface area contributed by atoms with Gasteiger partial charge in [-0.2, -0.15) is 0 Å². The molecule has 0 aromatic heterocycles. The fourth-order valence-corrected chi connectivity index (χ4v) is 2.28. The van der Waals surface area contributed by atoms with Crippen LogP contribution in [-0.4, -0.2) is 14.1 Å². The second-order valence-corrected chi connectivity index (χ2v) is 5.65. The van der Waals surface area contributed by atoms with Gasteiger partial charge >= 0.3 is 0 Å². The molecule has 0 bridgehead atoms. The van der Waals surface area contributed by atoms with Gasteiger partial charge in [0.25, 0.3) is 0 Å². The van der Waals surface area contributed by atoms with Crippen LogP contribution in [0.2, 0.25) is 5.02 Å². The highest BCUT2D eigenvalue weighted by atomic mass is 35.5. The van der Waals surface area contributed by atoms with E-state index in [2.05, 4.69) is 61.6 Å². The van der Waals surface area contributed by atoms with Crippen molar-refractivity contribution in [2.45, 2.75) is 19.5 Å². The Morgan fingerprint density at radius 2 is 1.80 bits per heavy atom. The summed E-state index contributed by atoms with van der Waals surface area (Å²) in [6.45, 7) is 3.00. The van der Waals surface area contributed by atoms with Crippen LogP contribution in [0.5, 0.6) is 0 Å². The summed E-state index contributed by atoms with van der Waals surface area (Å²) >= 11 is 6.02. The van der Waals surface area contributed by atoms with Crippen LogP contribution in [0, 0.1) is 0 Å². The van der Waals surface area contributed by atoms with Gasteiger partial charge in [-0.15, -0.1) is 0 Å². The third kappa shape index (κ3) is 3.99. The van der Waals surface area contributed by atoms with Crippen molar-refractivity contribution in [2.75, 3.05) is 19.0 Å². The van der Waals surface area contributed by atoms with Crippen LogP contribution in [0.3, 0.4) is 0 Å². The van der Waals surface area contributed by atoms with Crippen LogP contribution >= 0.6 is 11.6 Å². The van der Waals surface area contributed by atoms with E-state index < -0.39 is 0 Å². The van der Waals surface area contributed by atoms with Crippen LogP contribution in [0.15, 0.2) is 48.5 Å². The SMILES string of the molecule is CC(NCc1ccc(N(C)C)cc1)c1cccc(Cl)c1. The van der Waals surface area contributed by atoms with E-state index in [4.69, 9.17) is 11.6 Å². The van der Waals surface area contributed by atoms with Gasteiger partial charge in [-0.3, -0.25) is 0 Å². The summed E-state index contributed by atoms with van der Waals surface area (Å²) in [6, 6.07) is 16.9. The number of nitrogens with zero attached hydrogens (tertiary/aromatic N) is 1. The van der Waals surface area contributed by atoms with Crippen molar-refractivity contribution in [3.63, 3.8) is 0 Å². The van der Waals surface area contributed by atoms with Crippen LogP contribution in [-0.2, 0) is 6.54 Å². The highest BCUT2D eigenvalue weighted by Gasteiger charge is 2.05. The number of rotatable bonds is 5. The molecule has 2 aromatic carbocycles. The van der Waals surface area contributed by atoms with Crippen molar-refractivity contribution in [3.05, 3.63) is 64.7 Å². The van der Waals surface area contributed by atoms with E-state index in [0.717, 1.165) is 11.6 Å². The van der Waals surface area contributed by atoms with Crippen molar-refractivity contribution in [3.8, 4) is 0 Å². The first-order valence-electron chi connectivity index (χ1n) is 6.81. The summed E-state index contributed by atoms with van der Waals surface area (Å²) in [7, 11) is 4.10. The Hall–Kier alpha value is -1.51. The number of hydrogen-bond acceptors (Lipinski definition) is 2. The maximum atomic E-state index is 6.02. The van der Waals surface area contributed by atoms with Crippen molar-refractivity contribution in [1.82, 2.24) is 5.32 Å². The molecule has 0 amide bonds. The smallest absolute Gasteiger partial charge is 0.0409 e. The molecule has 0 aliphatic heterocycles. The minimum absolute atomic E-state index is 0.280. The highest BCUT2D eigenvalue weighted by Crippen LogP contribution is 2.18. The third-order valence-electron chi connectivity index (χ3n) is 3.41. The molecule has 1 unspecified atom stereocenters. The Morgan fingerprint density at radius 3 is 2.40 bits per heavy atom. The molecule has 0 saturated carbocycles. The molecule has 2 rings (SSSR count). The molecule has 0 spiro atoms. The molecule has 0 aliphatic rings. The molecule has 0 radical (unpaired) electrons. The highest BCUT2D eigenvalue weighted by molar-refractivity contribution is 6.30. The normalized spacial score (nSPS) is 12.2. The van der Waals surface area contributed by atoms with Crippen molar-refractivity contribution < 1.29 is 0 Å². The van der Waals surface area contributed by atoms with Gasteiger partial charge in [0.05, 0.1) is 0 Å². The summed E-state index contributed by atoms with van der Waals surface area (Å²) < 4.78 is 0. The van der Waals surface area contributed by atoms with Gasteiger partial charge in [0.2, 0.25) is 0 Å². The lowest BCUT2D eigenvalue weighted by Crippen LogP contribution is -2.18. The van der Waals surface area contributed by atoms with Crippen LogP contribution < -0.4 is 10.2 Å². The Balaban J connectivity index is 1.94. The Kier molecular flexibility index (Phi) is 5.05. The molecule has 0 fully saturated rings. The summed E-state index contributed by atoms with van der Waals surface area (Å²) in [5.74, 6) is 0. The number of anilines is 1. The van der Waals surface area contributed by atoms with Crippen molar-refractivity contribution >= 4 is 17.3 Å². The topological polar surface area (TPSA) is 15.3 Å². The average Bonchev–Trinajstić information content (AvgIpc) is 2.45. The van der Waals surface area contributed by atoms with E-state index in [0.29, 0.717) is 0 Å². The minimum atomic E-state index is 0.280. The summed E-state index contributed by atoms with van der Waals surface area (Å²) in [4.78, 5) is 2.10. The average molecular weight is 289 g/mol. The van der Waals surface area contributed by atoms with Crippen LogP contribution in [0.25, 0.3) is 0 Å². The van der Waals surface area contributed by atoms with Gasteiger partial charge in [0.15, 0.2) is 0 Å². The van der Waals surface area contributed by atoms with Gasteiger partial charge in [-0.05, 0) is 42.3 Å². The first kappa shape index (κ1) is 14.9. The van der Waals surface area contributed by atoms with E-state index in [9.17, 15) is 0 Å². The first-order valence-corrected chi connectivity index (χ1v) is 7.19. The Labute approximate surface area is 126 Å². The second kappa shape index (κ2) is 6.78. The Bertz CT molecular complexity index is 549. The predicted octanol–water partition coefficient (Wildman–Crippen LogP) is 4.26. The quantitative estimate of drug-likeness (QED) is 0.884. The molecular formula is C17H21ClN2. The molecule has 2 aromatic rings. The molecule has 0 heterocycles. The molecule has 3 heteroatoms. The maximum Gasteiger partial charge on any atom is 0.0409 e.